The molecule has 5 heteroatoms. The summed E-state index contributed by atoms with van der Waals surface area (Å²) in [7, 11) is 0. The number of fused-ring (bicyclic) bond motifs is 1. The van der Waals surface area contributed by atoms with E-state index in [1.807, 2.05) is 10.6 Å². The zero-order valence-corrected chi connectivity index (χ0v) is 12.8. The third-order valence-electron chi connectivity index (χ3n) is 3.71. The standard InChI is InChI=1S/C13H19BrN4/c1-8(2)13(3,4)7-18-11-10(17-12(18)15)5-9(14)6-16-11/h5-6,8H,7H2,1-4H3,(H2,15,17). The van der Waals surface area contributed by atoms with Crippen molar-refractivity contribution >= 4 is 33.0 Å². The molecule has 0 aliphatic carbocycles. The van der Waals surface area contributed by atoms with Crippen LogP contribution in [0.5, 0.6) is 0 Å². The lowest BCUT2D eigenvalue weighted by Gasteiger charge is -2.29. The fourth-order valence-corrected chi connectivity index (χ4v) is 2.07. The van der Waals surface area contributed by atoms with Gasteiger partial charge >= 0.3 is 0 Å². The zero-order valence-electron chi connectivity index (χ0n) is 11.2. The highest BCUT2D eigenvalue weighted by Gasteiger charge is 2.25. The number of hydrogen-bond donors (Lipinski definition) is 1. The van der Waals surface area contributed by atoms with E-state index in [2.05, 4.69) is 53.6 Å². The molecule has 98 valence electrons. The number of halogens is 1. The summed E-state index contributed by atoms with van der Waals surface area (Å²) in [5, 5.41) is 0. The van der Waals surface area contributed by atoms with Gasteiger partial charge in [0, 0.05) is 17.2 Å². The van der Waals surface area contributed by atoms with E-state index in [-0.39, 0.29) is 5.41 Å². The van der Waals surface area contributed by atoms with Gasteiger partial charge in [0.2, 0.25) is 5.95 Å². The van der Waals surface area contributed by atoms with E-state index in [0.717, 1.165) is 22.2 Å². The van der Waals surface area contributed by atoms with Crippen molar-refractivity contribution in [3.8, 4) is 0 Å². The highest BCUT2D eigenvalue weighted by molar-refractivity contribution is 9.10. The monoisotopic (exact) mass is 310 g/mol. The van der Waals surface area contributed by atoms with E-state index in [4.69, 9.17) is 5.73 Å². The molecule has 2 rings (SSSR count). The molecule has 0 unspecified atom stereocenters. The Balaban J connectivity index is 2.48. The first kappa shape index (κ1) is 13.3. The molecule has 2 heterocycles. The lowest BCUT2D eigenvalue weighted by atomic mass is 9.81. The van der Waals surface area contributed by atoms with Crippen LogP contribution in [0.25, 0.3) is 11.2 Å². The summed E-state index contributed by atoms with van der Waals surface area (Å²) in [6.07, 6.45) is 1.78. The molecule has 0 amide bonds. The van der Waals surface area contributed by atoms with Crippen LogP contribution in [-0.2, 0) is 6.54 Å². The van der Waals surface area contributed by atoms with Crippen molar-refractivity contribution in [1.29, 1.82) is 0 Å². The minimum Gasteiger partial charge on any atom is -0.369 e. The number of nitrogens with two attached hydrogens (primary N) is 1. The molecule has 0 bridgehead atoms. The molecule has 4 nitrogen and oxygen atoms in total. The van der Waals surface area contributed by atoms with Gasteiger partial charge in [-0.3, -0.25) is 4.57 Å². The number of aromatic nitrogens is 3. The molecule has 0 aliphatic rings. The Morgan fingerprint density at radius 3 is 2.72 bits per heavy atom. The van der Waals surface area contributed by atoms with Crippen molar-refractivity contribution in [2.75, 3.05) is 5.73 Å². The Bertz CT molecular complexity index is 572. The maximum atomic E-state index is 6.01. The smallest absolute Gasteiger partial charge is 0.202 e. The SMILES string of the molecule is CC(C)C(C)(C)Cn1c(N)nc2cc(Br)cnc21. The fourth-order valence-electron chi connectivity index (χ4n) is 1.75. The maximum Gasteiger partial charge on any atom is 0.202 e. The molecule has 0 spiro atoms. The first-order chi connectivity index (χ1) is 8.31. The lowest BCUT2D eigenvalue weighted by Crippen LogP contribution is -2.26. The lowest BCUT2D eigenvalue weighted by molar-refractivity contribution is 0.213. The fraction of sp³-hybridized carbons (Fsp3) is 0.538. The largest absolute Gasteiger partial charge is 0.369 e. The van der Waals surface area contributed by atoms with Crippen LogP contribution in [-0.4, -0.2) is 14.5 Å². The maximum absolute atomic E-state index is 6.01. The molecule has 2 aromatic heterocycles. The van der Waals surface area contributed by atoms with Gasteiger partial charge in [0.25, 0.3) is 0 Å². The van der Waals surface area contributed by atoms with Crippen LogP contribution in [0.3, 0.4) is 0 Å². The Morgan fingerprint density at radius 1 is 1.44 bits per heavy atom. The molecular weight excluding hydrogens is 292 g/mol. The second-order valence-electron chi connectivity index (χ2n) is 5.70. The number of nitrogens with zero attached hydrogens (tertiary/aromatic N) is 3. The Kier molecular flexibility index (Phi) is 3.36. The predicted octanol–water partition coefficient (Wildman–Crippen LogP) is 3.46. The van der Waals surface area contributed by atoms with Crippen molar-refractivity contribution in [2.24, 2.45) is 11.3 Å². The second-order valence-corrected chi connectivity index (χ2v) is 6.61. The van der Waals surface area contributed by atoms with Crippen LogP contribution in [0, 0.1) is 11.3 Å². The summed E-state index contributed by atoms with van der Waals surface area (Å²) >= 11 is 3.40. The van der Waals surface area contributed by atoms with E-state index in [1.54, 1.807) is 6.20 Å². The summed E-state index contributed by atoms with van der Waals surface area (Å²) < 4.78 is 2.92. The van der Waals surface area contributed by atoms with Crippen molar-refractivity contribution in [2.45, 2.75) is 34.2 Å². The molecule has 0 saturated carbocycles. The van der Waals surface area contributed by atoms with Gasteiger partial charge in [0.05, 0.1) is 0 Å². The minimum atomic E-state index is 0.149. The molecule has 0 aliphatic heterocycles. The molecule has 2 aromatic rings. The van der Waals surface area contributed by atoms with E-state index in [9.17, 15) is 0 Å². The topological polar surface area (TPSA) is 56.7 Å². The summed E-state index contributed by atoms with van der Waals surface area (Å²) in [6.45, 7) is 9.74. The van der Waals surface area contributed by atoms with Gasteiger partial charge < -0.3 is 5.73 Å². The zero-order chi connectivity index (χ0) is 13.5. The van der Waals surface area contributed by atoms with E-state index >= 15 is 0 Å². The van der Waals surface area contributed by atoms with E-state index in [1.165, 1.54) is 0 Å². The summed E-state index contributed by atoms with van der Waals surface area (Å²) in [4.78, 5) is 8.78. The molecule has 0 radical (unpaired) electrons. The molecule has 0 fully saturated rings. The predicted molar refractivity (Wildman–Crippen MR) is 78.3 cm³/mol. The first-order valence-electron chi connectivity index (χ1n) is 6.08. The van der Waals surface area contributed by atoms with Gasteiger partial charge in [0.15, 0.2) is 5.65 Å². The van der Waals surface area contributed by atoms with Crippen LogP contribution in [0.15, 0.2) is 16.7 Å². The third kappa shape index (κ3) is 2.36. The summed E-state index contributed by atoms with van der Waals surface area (Å²) in [6, 6.07) is 1.94. The number of rotatable bonds is 3. The van der Waals surface area contributed by atoms with Crippen LogP contribution < -0.4 is 5.73 Å². The van der Waals surface area contributed by atoms with Crippen molar-refractivity contribution < 1.29 is 0 Å². The Morgan fingerprint density at radius 2 is 2.11 bits per heavy atom. The van der Waals surface area contributed by atoms with E-state index < -0.39 is 0 Å². The molecule has 0 saturated heterocycles. The quantitative estimate of drug-likeness (QED) is 0.944. The first-order valence-corrected chi connectivity index (χ1v) is 6.88. The number of imidazole rings is 1. The minimum absolute atomic E-state index is 0.149. The molecular formula is C13H19BrN4. The van der Waals surface area contributed by atoms with Gasteiger partial charge in [-0.2, -0.15) is 0 Å². The average Bonchev–Trinajstić information content (AvgIpc) is 2.54. The average molecular weight is 311 g/mol. The van der Waals surface area contributed by atoms with Gasteiger partial charge in [-0.25, -0.2) is 9.97 Å². The second kappa shape index (κ2) is 4.53. The molecule has 0 aromatic carbocycles. The van der Waals surface area contributed by atoms with E-state index in [0.29, 0.717) is 11.9 Å². The normalized spacial score (nSPS) is 12.6. The summed E-state index contributed by atoms with van der Waals surface area (Å²) in [5.41, 5.74) is 7.84. The Hall–Kier alpha value is -1.10. The van der Waals surface area contributed by atoms with Crippen LogP contribution in [0.4, 0.5) is 5.95 Å². The number of pyridine rings is 1. The number of hydrogen-bond acceptors (Lipinski definition) is 3. The van der Waals surface area contributed by atoms with Gasteiger partial charge in [-0.1, -0.05) is 27.7 Å². The van der Waals surface area contributed by atoms with Gasteiger partial charge in [-0.05, 0) is 33.3 Å². The van der Waals surface area contributed by atoms with Crippen LogP contribution >= 0.6 is 15.9 Å². The Labute approximate surface area is 116 Å². The highest BCUT2D eigenvalue weighted by atomic mass is 79.9. The summed E-state index contributed by atoms with van der Waals surface area (Å²) in [5.74, 6) is 1.09. The highest BCUT2D eigenvalue weighted by Crippen LogP contribution is 2.31. The molecule has 18 heavy (non-hydrogen) atoms. The third-order valence-corrected chi connectivity index (χ3v) is 4.14. The molecule has 2 N–H and O–H groups in total. The van der Waals surface area contributed by atoms with Crippen LogP contribution in [0.1, 0.15) is 27.7 Å². The van der Waals surface area contributed by atoms with Gasteiger partial charge in [0.1, 0.15) is 5.52 Å². The number of nitrogen functional groups attached to an aromatic ring is 1. The van der Waals surface area contributed by atoms with Crippen molar-refractivity contribution in [3.05, 3.63) is 16.7 Å². The van der Waals surface area contributed by atoms with Crippen molar-refractivity contribution in [3.63, 3.8) is 0 Å². The van der Waals surface area contributed by atoms with Gasteiger partial charge in [-0.15, -0.1) is 0 Å². The van der Waals surface area contributed by atoms with Crippen molar-refractivity contribution in [1.82, 2.24) is 14.5 Å². The van der Waals surface area contributed by atoms with Crippen LogP contribution in [0.2, 0.25) is 0 Å². The molecule has 0 atom stereocenters. The number of anilines is 1.